The normalized spacial score (nSPS) is 21.1. The van der Waals surface area contributed by atoms with Crippen molar-refractivity contribution in [2.45, 2.75) is 69.4 Å². The smallest absolute Gasteiger partial charge is 0.477 e. The number of rotatable bonds is 5. The van der Waals surface area contributed by atoms with Gasteiger partial charge in [-0.25, -0.2) is 14.6 Å². The van der Waals surface area contributed by atoms with Gasteiger partial charge in [0.25, 0.3) is 0 Å². The van der Waals surface area contributed by atoms with Gasteiger partial charge in [-0.2, -0.15) is 13.2 Å². The molecule has 2 saturated heterocycles. The number of halogens is 3. The average molecular weight is 473 g/mol. The fourth-order valence-corrected chi connectivity index (χ4v) is 4.35. The third-order valence-corrected chi connectivity index (χ3v) is 6.47. The first kappa shape index (κ1) is 25.2. The maximum Gasteiger partial charge on any atom is 0.490 e. The van der Waals surface area contributed by atoms with Gasteiger partial charge in [0.15, 0.2) is 0 Å². The van der Waals surface area contributed by atoms with Gasteiger partial charge in [-0.15, -0.1) is 0 Å². The number of piperidine rings is 2. The van der Waals surface area contributed by atoms with Crippen molar-refractivity contribution in [1.29, 1.82) is 0 Å². The van der Waals surface area contributed by atoms with Crippen molar-refractivity contribution in [2.24, 2.45) is 0 Å². The zero-order valence-corrected chi connectivity index (χ0v) is 18.3. The van der Waals surface area contributed by atoms with Gasteiger partial charge in [0, 0.05) is 32.2 Å². The van der Waals surface area contributed by atoms with E-state index >= 15 is 0 Å². The highest BCUT2D eigenvalue weighted by atomic mass is 19.4. The molecule has 0 unspecified atom stereocenters. The summed E-state index contributed by atoms with van der Waals surface area (Å²) in [5.41, 5.74) is 1.10. The molecule has 184 valence electrons. The van der Waals surface area contributed by atoms with Crippen LogP contribution >= 0.6 is 0 Å². The molecule has 3 heterocycles. The third kappa shape index (κ3) is 7.29. The molecular weight excluding hydrogens is 443 g/mol. The van der Waals surface area contributed by atoms with Crippen molar-refractivity contribution in [3.05, 3.63) is 24.0 Å². The van der Waals surface area contributed by atoms with Gasteiger partial charge in [-0.3, -0.25) is 0 Å². The second-order valence-corrected chi connectivity index (χ2v) is 8.65. The Bertz CT molecular complexity index is 785. The topological polar surface area (TPSA) is 103 Å². The Hall–Kier alpha value is -2.40. The van der Waals surface area contributed by atoms with Crippen molar-refractivity contribution in [3.8, 4) is 0 Å². The number of carbonyl (C=O) groups is 2. The first-order valence-electron chi connectivity index (χ1n) is 11.3. The summed E-state index contributed by atoms with van der Waals surface area (Å²) in [6.07, 6.45) is 5.99. The molecule has 1 aromatic heterocycles. The predicted octanol–water partition coefficient (Wildman–Crippen LogP) is 3.42. The number of nitrogens with zero attached hydrogens (tertiary/aromatic N) is 3. The molecule has 3 fully saturated rings. The van der Waals surface area contributed by atoms with Gasteiger partial charge in [-0.1, -0.05) is 6.42 Å². The van der Waals surface area contributed by atoms with Crippen LogP contribution in [0.2, 0.25) is 0 Å². The lowest BCUT2D eigenvalue weighted by atomic mass is 9.89. The van der Waals surface area contributed by atoms with Crippen LogP contribution in [0.3, 0.4) is 0 Å². The number of aliphatic carboxylic acids is 1. The number of hydrogen-bond acceptors (Lipinski definition) is 6. The largest absolute Gasteiger partial charge is 0.490 e. The molecule has 4 rings (SSSR count). The van der Waals surface area contributed by atoms with Crippen LogP contribution in [-0.2, 0) is 9.53 Å². The molecule has 0 atom stereocenters. The van der Waals surface area contributed by atoms with E-state index in [0.29, 0.717) is 12.2 Å². The van der Waals surface area contributed by atoms with E-state index in [9.17, 15) is 18.0 Å². The predicted molar refractivity (Wildman–Crippen MR) is 113 cm³/mol. The highest BCUT2D eigenvalue weighted by Crippen LogP contribution is 2.29. The second kappa shape index (κ2) is 11.1. The number of aromatic carboxylic acids is 1. The summed E-state index contributed by atoms with van der Waals surface area (Å²) in [5.74, 6) is -3.74. The number of pyridine rings is 1. The average Bonchev–Trinajstić information content (AvgIpc) is 2.74. The van der Waals surface area contributed by atoms with E-state index in [1.807, 2.05) is 6.07 Å². The van der Waals surface area contributed by atoms with Crippen molar-refractivity contribution >= 4 is 17.6 Å². The molecule has 33 heavy (non-hydrogen) atoms. The number of anilines is 1. The van der Waals surface area contributed by atoms with Crippen LogP contribution in [0.25, 0.3) is 0 Å². The van der Waals surface area contributed by atoms with E-state index < -0.39 is 18.1 Å². The van der Waals surface area contributed by atoms with Crippen LogP contribution in [0.1, 0.15) is 55.4 Å². The quantitative estimate of drug-likeness (QED) is 0.671. The van der Waals surface area contributed by atoms with E-state index in [1.54, 1.807) is 12.3 Å². The number of aromatic nitrogens is 1. The summed E-state index contributed by atoms with van der Waals surface area (Å²) >= 11 is 0. The Morgan fingerprint density at radius 2 is 1.48 bits per heavy atom. The standard InChI is InChI=1S/C20H29N3O3.C2HF3O2/c24-20(25)19-5-4-16(14-21-19)23-12-8-18(9-13-23)26-17-6-10-22(11-7-17)15-2-1-3-15;3-2(4,5)1(6)7/h4-5,14-15,17-18H,1-3,6-13H2,(H,24,25);(H,6,7). The minimum atomic E-state index is -5.08. The summed E-state index contributed by atoms with van der Waals surface area (Å²) in [7, 11) is 0. The molecule has 0 spiro atoms. The Balaban J connectivity index is 0.000000383. The number of ether oxygens (including phenoxy) is 1. The molecule has 0 radical (unpaired) electrons. The third-order valence-electron chi connectivity index (χ3n) is 6.47. The fraction of sp³-hybridized carbons (Fsp3) is 0.682. The Kier molecular flexibility index (Phi) is 8.52. The summed E-state index contributed by atoms with van der Waals surface area (Å²) in [6, 6.07) is 4.30. The number of alkyl halides is 3. The van der Waals surface area contributed by atoms with Crippen LogP contribution in [0.4, 0.5) is 18.9 Å². The van der Waals surface area contributed by atoms with E-state index in [-0.39, 0.29) is 5.69 Å². The lowest BCUT2D eigenvalue weighted by Crippen LogP contribution is -2.47. The minimum Gasteiger partial charge on any atom is -0.477 e. The highest BCUT2D eigenvalue weighted by Gasteiger charge is 2.38. The van der Waals surface area contributed by atoms with Gasteiger partial charge in [0.1, 0.15) is 5.69 Å². The fourth-order valence-electron chi connectivity index (χ4n) is 4.35. The monoisotopic (exact) mass is 473 g/mol. The Labute approximate surface area is 190 Å². The molecule has 3 aliphatic rings. The van der Waals surface area contributed by atoms with Crippen molar-refractivity contribution in [3.63, 3.8) is 0 Å². The second-order valence-electron chi connectivity index (χ2n) is 8.65. The molecule has 0 amide bonds. The summed E-state index contributed by atoms with van der Waals surface area (Å²) in [4.78, 5) is 28.8. The lowest BCUT2D eigenvalue weighted by molar-refractivity contribution is -0.192. The molecule has 0 aromatic carbocycles. The first-order chi connectivity index (χ1) is 15.6. The minimum absolute atomic E-state index is 0.0974. The summed E-state index contributed by atoms with van der Waals surface area (Å²) in [5, 5.41) is 16.1. The molecule has 1 saturated carbocycles. The van der Waals surface area contributed by atoms with E-state index in [4.69, 9.17) is 19.7 Å². The molecule has 1 aliphatic carbocycles. The van der Waals surface area contributed by atoms with E-state index in [1.165, 1.54) is 45.2 Å². The summed E-state index contributed by atoms with van der Waals surface area (Å²) < 4.78 is 38.1. The van der Waals surface area contributed by atoms with E-state index in [2.05, 4.69) is 14.8 Å². The van der Waals surface area contributed by atoms with Crippen LogP contribution in [-0.4, -0.2) is 82.6 Å². The maximum atomic E-state index is 10.9. The zero-order chi connectivity index (χ0) is 24.0. The van der Waals surface area contributed by atoms with Gasteiger partial charge in [0.05, 0.1) is 24.1 Å². The molecule has 11 heteroatoms. The van der Waals surface area contributed by atoms with Gasteiger partial charge < -0.3 is 24.7 Å². The lowest BCUT2D eigenvalue weighted by Gasteiger charge is -2.43. The van der Waals surface area contributed by atoms with Crippen LogP contribution < -0.4 is 4.90 Å². The van der Waals surface area contributed by atoms with Crippen LogP contribution in [0.15, 0.2) is 18.3 Å². The van der Waals surface area contributed by atoms with Crippen molar-refractivity contribution in [1.82, 2.24) is 9.88 Å². The van der Waals surface area contributed by atoms with Crippen molar-refractivity contribution < 1.29 is 37.7 Å². The molecule has 8 nitrogen and oxygen atoms in total. The number of carboxylic acids is 2. The van der Waals surface area contributed by atoms with Gasteiger partial charge >= 0.3 is 18.1 Å². The molecule has 1 aromatic rings. The number of likely N-dealkylation sites (tertiary alicyclic amines) is 1. The molecular formula is C22H30F3N3O5. The van der Waals surface area contributed by atoms with Crippen molar-refractivity contribution in [2.75, 3.05) is 31.1 Å². The number of carboxylic acid groups (broad SMARTS) is 2. The van der Waals surface area contributed by atoms with E-state index in [0.717, 1.165) is 37.7 Å². The van der Waals surface area contributed by atoms with Crippen LogP contribution in [0, 0.1) is 0 Å². The zero-order valence-electron chi connectivity index (χ0n) is 18.3. The van der Waals surface area contributed by atoms with Gasteiger partial charge in [0.2, 0.25) is 0 Å². The Morgan fingerprint density at radius 3 is 1.88 bits per heavy atom. The molecule has 0 bridgehead atoms. The highest BCUT2D eigenvalue weighted by molar-refractivity contribution is 5.85. The van der Waals surface area contributed by atoms with Gasteiger partial charge in [-0.05, 0) is 50.7 Å². The Morgan fingerprint density at radius 1 is 0.939 bits per heavy atom. The number of hydrogen-bond donors (Lipinski definition) is 2. The SMILES string of the molecule is O=C(O)C(F)(F)F.O=C(O)c1ccc(N2CCC(OC3CCN(C4CCC4)CC3)CC2)cn1. The first-order valence-corrected chi connectivity index (χ1v) is 11.3. The maximum absolute atomic E-state index is 10.9. The molecule has 2 aliphatic heterocycles. The van der Waals surface area contributed by atoms with Crippen LogP contribution in [0.5, 0.6) is 0 Å². The molecule has 2 N–H and O–H groups in total. The summed E-state index contributed by atoms with van der Waals surface area (Å²) in [6.45, 7) is 4.30.